The highest BCUT2D eigenvalue weighted by atomic mass is 19.1. The zero-order valence-corrected chi connectivity index (χ0v) is 8.17. The smallest absolute Gasteiger partial charge is 0.154 e. The molecule has 0 saturated carbocycles. The summed E-state index contributed by atoms with van der Waals surface area (Å²) in [6.45, 7) is 3.23. The molecule has 0 aromatic heterocycles. The van der Waals surface area contributed by atoms with Crippen LogP contribution in [0.5, 0.6) is 0 Å². The third kappa shape index (κ3) is 3.39. The fourth-order valence-electron chi connectivity index (χ4n) is 1.13. The summed E-state index contributed by atoms with van der Waals surface area (Å²) in [4.78, 5) is 10.7. The molecule has 3 heteroatoms. The van der Waals surface area contributed by atoms with Crippen molar-refractivity contribution in [2.75, 3.05) is 5.32 Å². The Balaban J connectivity index is 2.74. The summed E-state index contributed by atoms with van der Waals surface area (Å²) >= 11 is 0. The van der Waals surface area contributed by atoms with Crippen LogP contribution in [0.3, 0.4) is 0 Å². The van der Waals surface area contributed by atoms with Crippen molar-refractivity contribution in [2.24, 2.45) is 0 Å². The van der Waals surface area contributed by atoms with E-state index in [4.69, 9.17) is 0 Å². The van der Waals surface area contributed by atoms with Gasteiger partial charge < -0.3 is 5.32 Å². The van der Waals surface area contributed by atoms with Gasteiger partial charge in [-0.2, -0.15) is 0 Å². The molecule has 0 atom stereocenters. The number of hydrogen-bond acceptors (Lipinski definition) is 2. The molecule has 0 amide bonds. The van der Waals surface area contributed by atoms with Crippen LogP contribution in [0.1, 0.15) is 13.8 Å². The van der Waals surface area contributed by atoms with Crippen molar-refractivity contribution in [1.82, 2.24) is 0 Å². The zero-order chi connectivity index (χ0) is 10.6. The minimum absolute atomic E-state index is 0.0357. The lowest BCUT2D eigenvalue weighted by atomic mass is 10.3. The Morgan fingerprint density at radius 3 is 2.71 bits per heavy atom. The molecular formula is C11H12FNO. The number of halogens is 1. The maximum absolute atomic E-state index is 12.8. The van der Waals surface area contributed by atoms with Crippen LogP contribution < -0.4 is 5.32 Å². The van der Waals surface area contributed by atoms with Crippen molar-refractivity contribution in [3.8, 4) is 0 Å². The first-order valence-corrected chi connectivity index (χ1v) is 4.29. The molecule has 0 radical (unpaired) electrons. The van der Waals surface area contributed by atoms with Crippen molar-refractivity contribution in [3.05, 3.63) is 41.9 Å². The van der Waals surface area contributed by atoms with Crippen LogP contribution in [-0.2, 0) is 4.79 Å². The van der Waals surface area contributed by atoms with Crippen LogP contribution >= 0.6 is 0 Å². The van der Waals surface area contributed by atoms with E-state index in [1.807, 2.05) is 0 Å². The fraction of sp³-hybridized carbons (Fsp3) is 0.182. The van der Waals surface area contributed by atoms with E-state index in [2.05, 4.69) is 5.32 Å². The summed E-state index contributed by atoms with van der Waals surface area (Å²) in [5.41, 5.74) is 1.34. The second-order valence-electron chi connectivity index (χ2n) is 3.07. The van der Waals surface area contributed by atoms with Crippen LogP contribution in [0.4, 0.5) is 10.1 Å². The molecule has 74 valence electrons. The Hall–Kier alpha value is -1.64. The number of carbonyl (C=O) groups excluding carboxylic acids is 1. The molecular weight excluding hydrogens is 181 g/mol. The summed E-state index contributed by atoms with van der Waals surface area (Å²) in [7, 11) is 0. The van der Waals surface area contributed by atoms with Gasteiger partial charge in [-0.25, -0.2) is 4.39 Å². The van der Waals surface area contributed by atoms with Crippen molar-refractivity contribution in [3.63, 3.8) is 0 Å². The van der Waals surface area contributed by atoms with Gasteiger partial charge in [-0.05, 0) is 38.1 Å². The third-order valence-corrected chi connectivity index (χ3v) is 1.59. The quantitative estimate of drug-likeness (QED) is 0.748. The lowest BCUT2D eigenvalue weighted by molar-refractivity contribution is -0.112. The van der Waals surface area contributed by atoms with Gasteiger partial charge in [0.05, 0.1) is 0 Å². The number of rotatable bonds is 3. The van der Waals surface area contributed by atoms with Crippen molar-refractivity contribution in [2.45, 2.75) is 13.8 Å². The molecule has 0 spiro atoms. The summed E-state index contributed by atoms with van der Waals surface area (Å²) in [5.74, 6) is -0.336. The van der Waals surface area contributed by atoms with E-state index in [9.17, 15) is 9.18 Å². The van der Waals surface area contributed by atoms with Gasteiger partial charge in [-0.1, -0.05) is 6.07 Å². The Labute approximate surface area is 82.4 Å². The SMILES string of the molecule is CC(=O)/C=C(\C)Nc1cccc(F)c1. The molecule has 2 nitrogen and oxygen atoms in total. The zero-order valence-electron chi connectivity index (χ0n) is 8.17. The van der Waals surface area contributed by atoms with Gasteiger partial charge in [-0.15, -0.1) is 0 Å². The molecule has 0 aliphatic carbocycles. The number of carbonyl (C=O) groups is 1. The molecule has 0 saturated heterocycles. The van der Waals surface area contributed by atoms with Gasteiger partial charge in [-0.3, -0.25) is 4.79 Å². The highest BCUT2D eigenvalue weighted by Crippen LogP contribution is 2.11. The van der Waals surface area contributed by atoms with Gasteiger partial charge >= 0.3 is 0 Å². The first kappa shape index (κ1) is 10.4. The predicted molar refractivity (Wildman–Crippen MR) is 54.5 cm³/mol. The van der Waals surface area contributed by atoms with Crippen LogP contribution in [0.2, 0.25) is 0 Å². The van der Waals surface area contributed by atoms with Crippen LogP contribution in [0.15, 0.2) is 36.0 Å². The van der Waals surface area contributed by atoms with Crippen LogP contribution in [0.25, 0.3) is 0 Å². The molecule has 0 unspecified atom stereocenters. The Kier molecular flexibility index (Phi) is 3.40. The van der Waals surface area contributed by atoms with E-state index < -0.39 is 0 Å². The summed E-state index contributed by atoms with van der Waals surface area (Å²) in [6.07, 6.45) is 1.46. The second-order valence-corrected chi connectivity index (χ2v) is 3.07. The second kappa shape index (κ2) is 4.56. The van der Waals surface area contributed by atoms with Crippen LogP contribution in [0, 0.1) is 5.82 Å². The van der Waals surface area contributed by atoms with Gasteiger partial charge in [0.15, 0.2) is 5.78 Å². The molecule has 14 heavy (non-hydrogen) atoms. The monoisotopic (exact) mass is 193 g/mol. The Morgan fingerprint density at radius 1 is 1.43 bits per heavy atom. The minimum Gasteiger partial charge on any atom is -0.359 e. The molecule has 0 aliphatic rings. The predicted octanol–water partition coefficient (Wildman–Crippen LogP) is 2.73. The number of allylic oxidation sites excluding steroid dienone is 2. The number of benzene rings is 1. The normalized spacial score (nSPS) is 11.2. The molecule has 1 rings (SSSR count). The van der Waals surface area contributed by atoms with E-state index in [0.717, 1.165) is 0 Å². The Bertz CT molecular complexity index is 371. The van der Waals surface area contributed by atoms with Crippen molar-refractivity contribution in [1.29, 1.82) is 0 Å². The molecule has 0 bridgehead atoms. The third-order valence-electron chi connectivity index (χ3n) is 1.59. The molecule has 1 N–H and O–H groups in total. The van der Waals surface area contributed by atoms with E-state index in [-0.39, 0.29) is 11.6 Å². The van der Waals surface area contributed by atoms with E-state index in [1.54, 1.807) is 19.1 Å². The lowest BCUT2D eigenvalue weighted by Crippen LogP contribution is -1.98. The molecule has 0 heterocycles. The van der Waals surface area contributed by atoms with Crippen molar-refractivity contribution >= 4 is 11.5 Å². The maximum Gasteiger partial charge on any atom is 0.154 e. The molecule has 1 aromatic rings. The van der Waals surface area contributed by atoms with Gasteiger partial charge in [0.1, 0.15) is 5.82 Å². The summed E-state index contributed by atoms with van der Waals surface area (Å²) in [6, 6.07) is 6.09. The topological polar surface area (TPSA) is 29.1 Å². The largest absolute Gasteiger partial charge is 0.359 e. The number of anilines is 1. The maximum atomic E-state index is 12.8. The number of ketones is 1. The molecule has 0 aliphatic heterocycles. The number of hydrogen-bond donors (Lipinski definition) is 1. The summed E-state index contributed by atoms with van der Waals surface area (Å²) in [5, 5.41) is 2.91. The molecule has 1 aromatic carbocycles. The molecule has 0 fully saturated rings. The number of nitrogens with one attached hydrogen (secondary N) is 1. The standard InChI is InChI=1S/C11H12FNO/c1-8(6-9(2)14)13-11-5-3-4-10(12)7-11/h3-7,13H,1-2H3/b8-6+. The Morgan fingerprint density at radius 2 is 2.14 bits per heavy atom. The van der Waals surface area contributed by atoms with E-state index in [0.29, 0.717) is 11.4 Å². The highest BCUT2D eigenvalue weighted by molar-refractivity contribution is 5.88. The average molecular weight is 193 g/mol. The van der Waals surface area contributed by atoms with E-state index >= 15 is 0 Å². The lowest BCUT2D eigenvalue weighted by Gasteiger charge is -2.05. The van der Waals surface area contributed by atoms with Crippen LogP contribution in [-0.4, -0.2) is 5.78 Å². The van der Waals surface area contributed by atoms with Crippen molar-refractivity contribution < 1.29 is 9.18 Å². The van der Waals surface area contributed by atoms with Gasteiger partial charge in [0.25, 0.3) is 0 Å². The minimum atomic E-state index is -0.300. The van der Waals surface area contributed by atoms with E-state index in [1.165, 1.54) is 25.1 Å². The van der Waals surface area contributed by atoms with Gasteiger partial charge in [0, 0.05) is 11.4 Å². The highest BCUT2D eigenvalue weighted by Gasteiger charge is 1.95. The average Bonchev–Trinajstić information content (AvgIpc) is 2.01. The first-order valence-electron chi connectivity index (χ1n) is 4.29. The first-order chi connectivity index (χ1) is 6.58. The summed E-state index contributed by atoms with van der Waals surface area (Å²) < 4.78 is 12.8. The van der Waals surface area contributed by atoms with Gasteiger partial charge in [0.2, 0.25) is 0 Å². The fourth-order valence-corrected chi connectivity index (χ4v) is 1.13.